The lowest BCUT2D eigenvalue weighted by atomic mass is 9.87. The molecule has 1 heterocycles. The van der Waals surface area contributed by atoms with Crippen LogP contribution in [0.1, 0.15) is 45.8 Å². The molecule has 0 aliphatic carbocycles. The monoisotopic (exact) mass is 273 g/mol. The zero-order valence-electron chi connectivity index (χ0n) is 12.6. The quantitative estimate of drug-likeness (QED) is 0.898. The van der Waals surface area contributed by atoms with Gasteiger partial charge in [0.1, 0.15) is 11.5 Å². The molecule has 0 saturated carbocycles. The van der Waals surface area contributed by atoms with E-state index in [1.807, 2.05) is 52.0 Å². The minimum absolute atomic E-state index is 0.120. The van der Waals surface area contributed by atoms with Crippen molar-refractivity contribution in [1.29, 1.82) is 0 Å². The second-order valence-corrected chi connectivity index (χ2v) is 5.45. The topological polar surface area (TPSA) is 59.4 Å². The fraction of sp³-hybridized carbons (Fsp3) is 0.412. The zero-order chi connectivity index (χ0) is 14.9. The van der Waals surface area contributed by atoms with Gasteiger partial charge in [0.05, 0.1) is 6.10 Å². The van der Waals surface area contributed by atoms with Gasteiger partial charge in [-0.1, -0.05) is 29.8 Å². The van der Waals surface area contributed by atoms with E-state index in [0.717, 1.165) is 28.2 Å². The van der Waals surface area contributed by atoms with Crippen LogP contribution in [0.15, 0.2) is 28.7 Å². The van der Waals surface area contributed by atoms with Crippen molar-refractivity contribution >= 4 is 0 Å². The van der Waals surface area contributed by atoms with Crippen LogP contribution in [0.4, 0.5) is 0 Å². The molecule has 3 heteroatoms. The van der Waals surface area contributed by atoms with Gasteiger partial charge in [0.25, 0.3) is 0 Å². The van der Waals surface area contributed by atoms with Crippen LogP contribution in [0.3, 0.4) is 0 Å². The number of aliphatic hydroxyl groups excluding tert-OH is 1. The number of benzene rings is 1. The van der Waals surface area contributed by atoms with Gasteiger partial charge in [-0.15, -0.1) is 0 Å². The molecule has 0 radical (unpaired) electrons. The maximum absolute atomic E-state index is 10.7. The van der Waals surface area contributed by atoms with E-state index in [4.69, 9.17) is 10.2 Å². The average molecular weight is 273 g/mol. The first-order valence-electron chi connectivity index (χ1n) is 6.96. The van der Waals surface area contributed by atoms with Crippen LogP contribution in [-0.4, -0.2) is 11.7 Å². The Morgan fingerprint density at radius 3 is 2.10 bits per heavy atom. The van der Waals surface area contributed by atoms with Gasteiger partial charge in [-0.2, -0.15) is 0 Å². The van der Waals surface area contributed by atoms with E-state index in [9.17, 15) is 5.11 Å². The molecule has 2 atom stereocenters. The highest BCUT2D eigenvalue weighted by atomic mass is 16.3. The van der Waals surface area contributed by atoms with Gasteiger partial charge in [0, 0.05) is 18.0 Å². The van der Waals surface area contributed by atoms with Gasteiger partial charge in [0.15, 0.2) is 0 Å². The van der Waals surface area contributed by atoms with E-state index in [2.05, 4.69) is 0 Å². The van der Waals surface area contributed by atoms with Crippen molar-refractivity contribution in [3.63, 3.8) is 0 Å². The van der Waals surface area contributed by atoms with Crippen LogP contribution in [-0.2, 0) is 0 Å². The Bertz CT molecular complexity index is 584. The molecule has 3 N–H and O–H groups in total. The molecule has 0 saturated heterocycles. The summed E-state index contributed by atoms with van der Waals surface area (Å²) in [7, 11) is 0. The predicted molar refractivity (Wildman–Crippen MR) is 80.9 cm³/mol. The molecule has 2 unspecified atom stereocenters. The molecule has 1 aromatic carbocycles. The molecule has 0 fully saturated rings. The summed E-state index contributed by atoms with van der Waals surface area (Å²) in [5.41, 5.74) is 10.0. The molecular weight excluding hydrogens is 250 g/mol. The summed E-state index contributed by atoms with van der Waals surface area (Å²) < 4.78 is 5.62. The summed E-state index contributed by atoms with van der Waals surface area (Å²) in [5, 5.41) is 10.7. The maximum atomic E-state index is 10.7. The van der Waals surface area contributed by atoms with Gasteiger partial charge in [-0.3, -0.25) is 0 Å². The van der Waals surface area contributed by atoms with Crippen LogP contribution < -0.4 is 5.73 Å². The molecular formula is C17H23NO2. The zero-order valence-corrected chi connectivity index (χ0v) is 12.6. The smallest absolute Gasteiger partial charge is 0.107 e. The number of nitrogens with two attached hydrogens (primary N) is 1. The van der Waals surface area contributed by atoms with Gasteiger partial charge in [-0.25, -0.2) is 0 Å². The third-order valence-corrected chi connectivity index (χ3v) is 4.05. The Balaban J connectivity index is 2.38. The summed E-state index contributed by atoms with van der Waals surface area (Å²) in [5.74, 6) is 1.51. The standard InChI is InChI=1S/C17H23NO2/c1-10-5-7-14(8-6-10)15(9-18)17(19)16-11(2)12(3)20-13(16)4/h5-8,15,17,19H,9,18H2,1-4H3. The van der Waals surface area contributed by atoms with Crippen LogP contribution in [0, 0.1) is 27.7 Å². The van der Waals surface area contributed by atoms with Crippen LogP contribution >= 0.6 is 0 Å². The Morgan fingerprint density at radius 2 is 1.65 bits per heavy atom. The summed E-state index contributed by atoms with van der Waals surface area (Å²) in [4.78, 5) is 0. The Kier molecular flexibility index (Phi) is 4.31. The van der Waals surface area contributed by atoms with Crippen LogP contribution in [0.5, 0.6) is 0 Å². The van der Waals surface area contributed by atoms with Gasteiger partial charge in [-0.05, 0) is 38.8 Å². The first kappa shape index (κ1) is 14.8. The lowest BCUT2D eigenvalue weighted by Crippen LogP contribution is -2.21. The Labute approximate surface area is 120 Å². The highest BCUT2D eigenvalue weighted by molar-refractivity contribution is 5.37. The van der Waals surface area contributed by atoms with E-state index < -0.39 is 6.10 Å². The molecule has 20 heavy (non-hydrogen) atoms. The minimum Gasteiger partial charge on any atom is -0.466 e. The van der Waals surface area contributed by atoms with Crippen molar-refractivity contribution in [3.8, 4) is 0 Å². The van der Waals surface area contributed by atoms with Crippen molar-refractivity contribution in [3.05, 3.63) is 58.0 Å². The molecule has 0 bridgehead atoms. The molecule has 3 nitrogen and oxygen atoms in total. The highest BCUT2D eigenvalue weighted by Gasteiger charge is 2.27. The second kappa shape index (κ2) is 5.81. The van der Waals surface area contributed by atoms with Crippen molar-refractivity contribution in [2.24, 2.45) is 5.73 Å². The number of aliphatic hydroxyl groups is 1. The normalized spacial score (nSPS) is 14.3. The number of furan rings is 1. The van der Waals surface area contributed by atoms with Crippen LogP contribution in [0.2, 0.25) is 0 Å². The molecule has 0 aliphatic heterocycles. The lowest BCUT2D eigenvalue weighted by Gasteiger charge is -2.22. The van der Waals surface area contributed by atoms with E-state index in [1.165, 1.54) is 5.56 Å². The van der Waals surface area contributed by atoms with Crippen molar-refractivity contribution in [2.45, 2.75) is 39.7 Å². The fourth-order valence-corrected chi connectivity index (χ4v) is 2.71. The summed E-state index contributed by atoms with van der Waals surface area (Å²) in [6.45, 7) is 8.23. The van der Waals surface area contributed by atoms with Crippen molar-refractivity contribution in [1.82, 2.24) is 0 Å². The molecule has 0 amide bonds. The SMILES string of the molecule is Cc1ccc(C(CN)C(O)c2c(C)oc(C)c2C)cc1. The second-order valence-electron chi connectivity index (χ2n) is 5.45. The molecule has 2 aromatic rings. The molecule has 2 rings (SSSR count). The first-order chi connectivity index (χ1) is 9.45. The molecule has 1 aromatic heterocycles. The van der Waals surface area contributed by atoms with E-state index >= 15 is 0 Å². The summed E-state index contributed by atoms with van der Waals surface area (Å²) in [6, 6.07) is 8.16. The van der Waals surface area contributed by atoms with Crippen molar-refractivity contribution in [2.75, 3.05) is 6.54 Å². The number of aryl methyl sites for hydroxylation is 3. The molecule has 0 aliphatic rings. The highest BCUT2D eigenvalue weighted by Crippen LogP contribution is 2.36. The summed E-state index contributed by atoms with van der Waals surface area (Å²) in [6.07, 6.45) is -0.639. The van der Waals surface area contributed by atoms with Gasteiger partial charge < -0.3 is 15.3 Å². The Morgan fingerprint density at radius 1 is 1.05 bits per heavy atom. The molecule has 0 spiro atoms. The van der Waals surface area contributed by atoms with Crippen molar-refractivity contribution < 1.29 is 9.52 Å². The van der Waals surface area contributed by atoms with Gasteiger partial charge >= 0.3 is 0 Å². The predicted octanol–water partition coefficient (Wildman–Crippen LogP) is 3.29. The fourth-order valence-electron chi connectivity index (χ4n) is 2.71. The first-order valence-corrected chi connectivity index (χ1v) is 6.96. The lowest BCUT2D eigenvalue weighted by molar-refractivity contribution is 0.145. The largest absolute Gasteiger partial charge is 0.466 e. The van der Waals surface area contributed by atoms with Crippen LogP contribution in [0.25, 0.3) is 0 Å². The number of hydrogen-bond acceptors (Lipinski definition) is 3. The third-order valence-electron chi connectivity index (χ3n) is 4.05. The average Bonchev–Trinajstić information content (AvgIpc) is 2.66. The summed E-state index contributed by atoms with van der Waals surface area (Å²) >= 11 is 0. The van der Waals surface area contributed by atoms with E-state index in [-0.39, 0.29) is 5.92 Å². The number of rotatable bonds is 4. The molecule has 108 valence electrons. The maximum Gasteiger partial charge on any atom is 0.107 e. The van der Waals surface area contributed by atoms with E-state index in [0.29, 0.717) is 6.54 Å². The third kappa shape index (κ3) is 2.65. The Hall–Kier alpha value is -1.58. The van der Waals surface area contributed by atoms with Gasteiger partial charge in [0.2, 0.25) is 0 Å². The number of hydrogen-bond donors (Lipinski definition) is 2. The van der Waals surface area contributed by atoms with E-state index in [1.54, 1.807) is 0 Å². The minimum atomic E-state index is -0.639.